The van der Waals surface area contributed by atoms with Crippen LogP contribution in [0.5, 0.6) is 11.5 Å². The Kier molecular flexibility index (Phi) is 8.57. The number of hydrogen-bond acceptors (Lipinski definition) is 6. The molecule has 4 aromatic rings. The zero-order chi connectivity index (χ0) is 25.2. The van der Waals surface area contributed by atoms with Crippen LogP contribution in [0.25, 0.3) is 10.8 Å². The van der Waals surface area contributed by atoms with Gasteiger partial charge in [-0.25, -0.2) is 5.43 Å². The molecule has 1 N–H and O–H groups in total. The molecule has 0 fully saturated rings. The minimum atomic E-state index is -0.190. The maximum atomic E-state index is 12.3. The number of amides is 1. The maximum Gasteiger partial charge on any atom is 0.250 e. The molecule has 0 atom stereocenters. The van der Waals surface area contributed by atoms with Crippen molar-refractivity contribution < 1.29 is 14.3 Å². The first-order valence-corrected chi connectivity index (χ1v) is 12.5. The number of carbonyl (C=O) groups excluding carboxylic acids is 1. The molecule has 6 nitrogen and oxygen atoms in total. The van der Waals surface area contributed by atoms with Crippen LogP contribution in [0.2, 0.25) is 0 Å². The van der Waals surface area contributed by atoms with E-state index in [0.717, 1.165) is 26.8 Å². The molecule has 0 saturated carbocycles. The zero-order valence-corrected chi connectivity index (χ0v) is 20.6. The topological polar surface area (TPSA) is 83.7 Å². The molecule has 0 spiro atoms. The van der Waals surface area contributed by atoms with Crippen LogP contribution < -0.4 is 14.9 Å². The molecule has 7 heteroatoms. The summed E-state index contributed by atoms with van der Waals surface area (Å²) < 4.78 is 11.7. The molecule has 0 aromatic heterocycles. The number of ether oxygens (including phenoxy) is 2. The van der Waals surface area contributed by atoms with Gasteiger partial charge in [0.25, 0.3) is 0 Å². The number of nitrogens with one attached hydrogen (secondary N) is 1. The van der Waals surface area contributed by atoms with Gasteiger partial charge in [0.05, 0.1) is 30.2 Å². The van der Waals surface area contributed by atoms with Crippen molar-refractivity contribution in [3.8, 4) is 17.6 Å². The molecule has 4 aromatic carbocycles. The lowest BCUT2D eigenvalue weighted by Gasteiger charge is -2.13. The van der Waals surface area contributed by atoms with Crippen molar-refractivity contribution in [1.82, 2.24) is 5.43 Å². The summed E-state index contributed by atoms with van der Waals surface area (Å²) >= 11 is 1.48. The van der Waals surface area contributed by atoms with Gasteiger partial charge in [-0.2, -0.15) is 10.4 Å². The highest BCUT2D eigenvalue weighted by atomic mass is 32.2. The number of fused-ring (bicyclic) bond motifs is 1. The maximum absolute atomic E-state index is 12.3. The predicted molar refractivity (Wildman–Crippen MR) is 144 cm³/mol. The number of benzene rings is 4. The molecule has 1 amide bonds. The summed E-state index contributed by atoms with van der Waals surface area (Å²) in [6.45, 7) is 2.61. The average Bonchev–Trinajstić information content (AvgIpc) is 2.91. The number of nitriles is 1. The van der Waals surface area contributed by atoms with E-state index in [1.165, 1.54) is 11.8 Å². The Hall–Kier alpha value is -4.28. The summed E-state index contributed by atoms with van der Waals surface area (Å²) in [7, 11) is 0. The SMILES string of the molecule is CCOc1cc(C=NNC(=O)CSc2cccc3ccccc23)ccc1OCc1ccccc1C#N. The Morgan fingerprint density at radius 1 is 1.00 bits per heavy atom. The smallest absolute Gasteiger partial charge is 0.250 e. The lowest BCUT2D eigenvalue weighted by atomic mass is 10.1. The van der Waals surface area contributed by atoms with Gasteiger partial charge in [-0.05, 0) is 53.6 Å². The molecule has 0 aliphatic carbocycles. The summed E-state index contributed by atoms with van der Waals surface area (Å²) in [6, 6.07) is 29.1. The summed E-state index contributed by atoms with van der Waals surface area (Å²) in [4.78, 5) is 13.4. The fraction of sp³-hybridized carbons (Fsp3) is 0.138. The Morgan fingerprint density at radius 3 is 2.67 bits per heavy atom. The second-order valence-electron chi connectivity index (χ2n) is 7.76. The van der Waals surface area contributed by atoms with Crippen molar-refractivity contribution in [3.05, 3.63) is 102 Å². The Balaban J connectivity index is 1.35. The van der Waals surface area contributed by atoms with E-state index in [2.05, 4.69) is 34.8 Å². The molecule has 180 valence electrons. The average molecular weight is 496 g/mol. The van der Waals surface area contributed by atoms with Gasteiger partial charge in [-0.1, -0.05) is 54.6 Å². The summed E-state index contributed by atoms with van der Waals surface area (Å²) in [5.41, 5.74) is 4.72. The van der Waals surface area contributed by atoms with Gasteiger partial charge in [-0.15, -0.1) is 11.8 Å². The number of nitrogens with zero attached hydrogens (tertiary/aromatic N) is 2. The Morgan fingerprint density at radius 2 is 1.81 bits per heavy atom. The number of thioether (sulfide) groups is 1. The highest BCUT2D eigenvalue weighted by Gasteiger charge is 2.09. The van der Waals surface area contributed by atoms with Gasteiger partial charge in [-0.3, -0.25) is 4.79 Å². The molecule has 36 heavy (non-hydrogen) atoms. The quantitative estimate of drug-likeness (QED) is 0.167. The lowest BCUT2D eigenvalue weighted by molar-refractivity contribution is -0.118. The van der Waals surface area contributed by atoms with Gasteiger partial charge < -0.3 is 9.47 Å². The molecule has 0 bridgehead atoms. The molecule has 0 unspecified atom stereocenters. The molecular weight excluding hydrogens is 470 g/mol. The molecule has 0 aliphatic rings. The van der Waals surface area contributed by atoms with Crippen LogP contribution in [-0.4, -0.2) is 24.5 Å². The molecule has 0 radical (unpaired) electrons. The first kappa shape index (κ1) is 24.8. The molecular formula is C29H25N3O3S. The van der Waals surface area contributed by atoms with E-state index in [9.17, 15) is 10.1 Å². The largest absolute Gasteiger partial charge is 0.490 e. The molecule has 0 aliphatic heterocycles. The van der Waals surface area contributed by atoms with Crippen LogP contribution >= 0.6 is 11.8 Å². The highest BCUT2D eigenvalue weighted by molar-refractivity contribution is 8.00. The first-order chi connectivity index (χ1) is 17.7. The number of hydrogen-bond donors (Lipinski definition) is 1. The number of carbonyl (C=O) groups is 1. The van der Waals surface area contributed by atoms with E-state index in [1.807, 2.05) is 55.5 Å². The predicted octanol–water partition coefficient (Wildman–Crippen LogP) is 5.93. The minimum Gasteiger partial charge on any atom is -0.490 e. The van der Waals surface area contributed by atoms with E-state index in [1.54, 1.807) is 24.4 Å². The second kappa shape index (κ2) is 12.4. The third-order valence-corrected chi connectivity index (χ3v) is 6.37. The van der Waals surface area contributed by atoms with E-state index in [4.69, 9.17) is 9.47 Å². The first-order valence-electron chi connectivity index (χ1n) is 11.5. The van der Waals surface area contributed by atoms with Crippen LogP contribution in [-0.2, 0) is 11.4 Å². The van der Waals surface area contributed by atoms with E-state index in [0.29, 0.717) is 23.7 Å². The summed E-state index contributed by atoms with van der Waals surface area (Å²) in [5, 5.41) is 15.6. The fourth-order valence-corrected chi connectivity index (χ4v) is 4.45. The van der Waals surface area contributed by atoms with E-state index < -0.39 is 0 Å². The van der Waals surface area contributed by atoms with Crippen molar-refractivity contribution in [2.45, 2.75) is 18.4 Å². The summed E-state index contributed by atoms with van der Waals surface area (Å²) in [5.74, 6) is 1.20. The fourth-order valence-electron chi connectivity index (χ4n) is 3.58. The Labute approximate surface area is 214 Å². The normalized spacial score (nSPS) is 10.8. The van der Waals surface area contributed by atoms with Gasteiger partial charge in [0.1, 0.15) is 6.61 Å². The zero-order valence-electron chi connectivity index (χ0n) is 19.8. The van der Waals surface area contributed by atoms with Crippen molar-refractivity contribution >= 4 is 34.7 Å². The van der Waals surface area contributed by atoms with Crippen molar-refractivity contribution in [1.29, 1.82) is 5.26 Å². The van der Waals surface area contributed by atoms with Gasteiger partial charge in [0.2, 0.25) is 5.91 Å². The van der Waals surface area contributed by atoms with Gasteiger partial charge in [0.15, 0.2) is 11.5 Å². The van der Waals surface area contributed by atoms with Crippen LogP contribution in [0.3, 0.4) is 0 Å². The van der Waals surface area contributed by atoms with Crippen molar-refractivity contribution in [2.24, 2.45) is 5.10 Å². The van der Waals surface area contributed by atoms with Crippen LogP contribution in [0, 0.1) is 11.3 Å². The summed E-state index contributed by atoms with van der Waals surface area (Å²) in [6.07, 6.45) is 1.57. The van der Waals surface area contributed by atoms with Crippen LogP contribution in [0.15, 0.2) is 94.9 Å². The third kappa shape index (κ3) is 6.44. The second-order valence-corrected chi connectivity index (χ2v) is 8.77. The third-order valence-electron chi connectivity index (χ3n) is 5.30. The number of hydrazone groups is 1. The molecule has 0 saturated heterocycles. The number of rotatable bonds is 10. The monoisotopic (exact) mass is 495 g/mol. The molecule has 4 rings (SSSR count). The van der Waals surface area contributed by atoms with Crippen LogP contribution in [0.1, 0.15) is 23.6 Å². The Bertz CT molecular complexity index is 1420. The lowest BCUT2D eigenvalue weighted by Crippen LogP contribution is -2.19. The van der Waals surface area contributed by atoms with Gasteiger partial charge >= 0.3 is 0 Å². The highest BCUT2D eigenvalue weighted by Crippen LogP contribution is 2.29. The minimum absolute atomic E-state index is 0.190. The van der Waals surface area contributed by atoms with Crippen molar-refractivity contribution in [3.63, 3.8) is 0 Å². The standard InChI is InChI=1S/C29H25N3O3S/c1-2-34-27-16-21(14-15-26(27)35-19-24-10-4-3-9-23(24)17-30)18-31-32-29(33)20-36-28-13-7-11-22-8-5-6-12-25(22)28/h3-16,18H,2,19-20H2,1H3,(H,32,33). The van der Waals surface area contributed by atoms with E-state index in [-0.39, 0.29) is 18.3 Å². The van der Waals surface area contributed by atoms with Crippen LogP contribution in [0.4, 0.5) is 0 Å². The van der Waals surface area contributed by atoms with Crippen molar-refractivity contribution in [2.75, 3.05) is 12.4 Å². The van der Waals surface area contributed by atoms with Gasteiger partial charge in [0, 0.05) is 10.5 Å². The molecule has 0 heterocycles. The van der Waals surface area contributed by atoms with E-state index >= 15 is 0 Å².